The first kappa shape index (κ1) is 17.8. The van der Waals surface area contributed by atoms with Gasteiger partial charge in [-0.25, -0.2) is 0 Å². The minimum absolute atomic E-state index is 0.264. The highest BCUT2D eigenvalue weighted by Crippen LogP contribution is 2.27. The smallest absolute Gasteiger partial charge is 0.407 e. The molecule has 0 aromatic heterocycles. The fraction of sp³-hybridized carbons (Fsp3) is 0.368. The molecular weight excluding hydrogens is 342 g/mol. The van der Waals surface area contributed by atoms with Crippen LogP contribution in [0.1, 0.15) is 26.2 Å². The summed E-state index contributed by atoms with van der Waals surface area (Å²) in [6, 6.07) is 13.7. The second kappa shape index (κ2) is 8.40. The fourth-order valence-electron chi connectivity index (χ4n) is 2.95. The van der Waals surface area contributed by atoms with Crippen molar-refractivity contribution in [1.82, 2.24) is 0 Å². The molecule has 1 fully saturated rings. The van der Waals surface area contributed by atoms with E-state index in [1.54, 1.807) is 6.07 Å². The lowest BCUT2D eigenvalue weighted by molar-refractivity contribution is 0.0813. The molecule has 1 saturated heterocycles. The van der Waals surface area contributed by atoms with Gasteiger partial charge in [0.1, 0.15) is 0 Å². The van der Waals surface area contributed by atoms with Gasteiger partial charge in [-0.1, -0.05) is 67.2 Å². The molecule has 0 unspecified atom stereocenters. The third-order valence-electron chi connectivity index (χ3n) is 4.31. The molecule has 0 radical (unpaired) electrons. The van der Waals surface area contributed by atoms with E-state index in [2.05, 4.69) is 6.92 Å². The minimum atomic E-state index is -0.264. The van der Waals surface area contributed by atoms with E-state index in [4.69, 9.17) is 32.5 Å². The Morgan fingerprint density at radius 1 is 0.958 bits per heavy atom. The number of hydrogen-bond donors (Lipinski definition) is 0. The summed E-state index contributed by atoms with van der Waals surface area (Å²) in [6.07, 6.45) is 3.63. The van der Waals surface area contributed by atoms with E-state index < -0.39 is 0 Å². The molecule has 24 heavy (non-hydrogen) atoms. The van der Waals surface area contributed by atoms with Crippen molar-refractivity contribution >= 4 is 35.8 Å². The van der Waals surface area contributed by atoms with Gasteiger partial charge < -0.3 is 9.31 Å². The van der Waals surface area contributed by atoms with Crippen molar-refractivity contribution in [3.05, 3.63) is 52.5 Å². The van der Waals surface area contributed by atoms with E-state index in [1.165, 1.54) is 19.3 Å². The molecule has 0 saturated carbocycles. The van der Waals surface area contributed by atoms with Crippen LogP contribution in [0.25, 0.3) is 11.1 Å². The van der Waals surface area contributed by atoms with Crippen LogP contribution < -0.4 is 5.46 Å². The van der Waals surface area contributed by atoms with E-state index in [-0.39, 0.29) is 7.12 Å². The SMILES string of the molecule is CCCCC1COB(c2ccc(-c3cc(Cl)cc(Cl)c3)cc2)OC1. The number of halogens is 2. The standard InChI is InChI=1S/C19H21BCl2O2/c1-2-3-4-14-12-23-20(24-13-14)17-7-5-15(6-8-17)16-9-18(21)11-19(22)10-16/h5-11,14H,2-4,12-13H2,1H3. The third-order valence-corrected chi connectivity index (χ3v) is 4.75. The summed E-state index contributed by atoms with van der Waals surface area (Å²) < 4.78 is 11.8. The van der Waals surface area contributed by atoms with Crippen LogP contribution in [0.2, 0.25) is 10.0 Å². The van der Waals surface area contributed by atoms with Gasteiger partial charge in [-0.15, -0.1) is 0 Å². The van der Waals surface area contributed by atoms with Gasteiger partial charge in [-0.3, -0.25) is 0 Å². The zero-order valence-corrected chi connectivity index (χ0v) is 15.3. The Balaban J connectivity index is 1.65. The molecular formula is C19H21BCl2O2. The van der Waals surface area contributed by atoms with Gasteiger partial charge in [0.25, 0.3) is 0 Å². The van der Waals surface area contributed by atoms with Crippen LogP contribution >= 0.6 is 23.2 Å². The van der Waals surface area contributed by atoms with Crippen molar-refractivity contribution in [1.29, 1.82) is 0 Å². The van der Waals surface area contributed by atoms with Gasteiger partial charge in [0.05, 0.1) is 0 Å². The topological polar surface area (TPSA) is 18.5 Å². The molecule has 0 N–H and O–H groups in total. The van der Waals surface area contributed by atoms with Crippen LogP contribution in [0.3, 0.4) is 0 Å². The Labute approximate surface area is 154 Å². The molecule has 1 aliphatic heterocycles. The van der Waals surface area contributed by atoms with Crippen molar-refractivity contribution in [3.63, 3.8) is 0 Å². The highest BCUT2D eigenvalue weighted by Gasteiger charge is 2.28. The van der Waals surface area contributed by atoms with E-state index in [0.717, 1.165) is 29.8 Å². The van der Waals surface area contributed by atoms with Crippen LogP contribution in [-0.2, 0) is 9.31 Å². The van der Waals surface area contributed by atoms with Crippen molar-refractivity contribution in [2.24, 2.45) is 5.92 Å². The number of benzene rings is 2. The molecule has 2 aromatic carbocycles. The summed E-state index contributed by atoms with van der Waals surface area (Å²) in [5, 5.41) is 1.28. The molecule has 0 bridgehead atoms. The Bertz CT molecular complexity index is 647. The molecule has 0 atom stereocenters. The Morgan fingerprint density at radius 3 is 2.17 bits per heavy atom. The zero-order valence-electron chi connectivity index (χ0n) is 13.8. The summed E-state index contributed by atoms with van der Waals surface area (Å²) in [5.41, 5.74) is 3.12. The van der Waals surface area contributed by atoms with E-state index >= 15 is 0 Å². The predicted octanol–water partition coefficient (Wildman–Crippen LogP) is 5.21. The normalized spacial score (nSPS) is 15.7. The molecule has 126 valence electrons. The van der Waals surface area contributed by atoms with Crippen molar-refractivity contribution in [2.75, 3.05) is 13.2 Å². The number of rotatable bonds is 5. The Morgan fingerprint density at radius 2 is 1.58 bits per heavy atom. The maximum atomic E-state index is 6.08. The van der Waals surface area contributed by atoms with Gasteiger partial charge in [-0.2, -0.15) is 0 Å². The molecule has 1 heterocycles. The molecule has 0 spiro atoms. The van der Waals surface area contributed by atoms with E-state index in [9.17, 15) is 0 Å². The van der Waals surface area contributed by atoms with Crippen molar-refractivity contribution in [2.45, 2.75) is 26.2 Å². The van der Waals surface area contributed by atoms with Crippen LogP contribution in [0.5, 0.6) is 0 Å². The first-order chi connectivity index (χ1) is 11.7. The fourth-order valence-corrected chi connectivity index (χ4v) is 3.47. The lowest BCUT2D eigenvalue weighted by Crippen LogP contribution is -2.44. The van der Waals surface area contributed by atoms with E-state index in [1.807, 2.05) is 36.4 Å². The van der Waals surface area contributed by atoms with Crippen LogP contribution in [0, 0.1) is 5.92 Å². The van der Waals surface area contributed by atoms with Crippen molar-refractivity contribution < 1.29 is 9.31 Å². The number of unbranched alkanes of at least 4 members (excludes halogenated alkanes) is 1. The molecule has 2 nitrogen and oxygen atoms in total. The quantitative estimate of drug-likeness (QED) is 0.679. The molecule has 0 amide bonds. The maximum absolute atomic E-state index is 6.08. The summed E-state index contributed by atoms with van der Waals surface area (Å²) in [7, 11) is -0.264. The number of hydrogen-bond acceptors (Lipinski definition) is 2. The summed E-state index contributed by atoms with van der Waals surface area (Å²) >= 11 is 12.2. The molecule has 2 aromatic rings. The van der Waals surface area contributed by atoms with Gasteiger partial charge in [0, 0.05) is 29.2 Å². The predicted molar refractivity (Wildman–Crippen MR) is 102 cm³/mol. The van der Waals surface area contributed by atoms with Crippen LogP contribution in [-0.4, -0.2) is 20.3 Å². The average Bonchev–Trinajstić information content (AvgIpc) is 2.60. The average molecular weight is 363 g/mol. The monoisotopic (exact) mass is 362 g/mol. The van der Waals surface area contributed by atoms with E-state index in [0.29, 0.717) is 16.0 Å². The zero-order chi connectivity index (χ0) is 16.9. The summed E-state index contributed by atoms with van der Waals surface area (Å²) in [6.45, 7) is 3.76. The van der Waals surface area contributed by atoms with Crippen molar-refractivity contribution in [3.8, 4) is 11.1 Å². The lowest BCUT2D eigenvalue weighted by atomic mass is 9.76. The lowest BCUT2D eigenvalue weighted by Gasteiger charge is -2.27. The second-order valence-corrected chi connectivity index (χ2v) is 7.16. The first-order valence-corrected chi connectivity index (χ1v) is 9.21. The Hall–Kier alpha value is -0.995. The van der Waals surface area contributed by atoms with Crippen LogP contribution in [0.4, 0.5) is 0 Å². The van der Waals surface area contributed by atoms with Gasteiger partial charge in [0.15, 0.2) is 0 Å². The highest BCUT2D eigenvalue weighted by molar-refractivity contribution is 6.61. The largest absolute Gasteiger partial charge is 0.493 e. The van der Waals surface area contributed by atoms with Gasteiger partial charge >= 0.3 is 7.12 Å². The van der Waals surface area contributed by atoms with Crippen LogP contribution in [0.15, 0.2) is 42.5 Å². The Kier molecular flexibility index (Phi) is 6.23. The molecule has 1 aliphatic rings. The maximum Gasteiger partial charge on any atom is 0.493 e. The molecule has 3 rings (SSSR count). The first-order valence-electron chi connectivity index (χ1n) is 8.45. The second-order valence-electron chi connectivity index (χ2n) is 6.29. The summed E-state index contributed by atoms with van der Waals surface area (Å²) in [5.74, 6) is 0.522. The molecule has 0 aliphatic carbocycles. The minimum Gasteiger partial charge on any atom is -0.407 e. The summed E-state index contributed by atoms with van der Waals surface area (Å²) in [4.78, 5) is 0. The highest BCUT2D eigenvalue weighted by atomic mass is 35.5. The molecule has 5 heteroatoms. The van der Waals surface area contributed by atoms with Gasteiger partial charge in [-0.05, 0) is 41.2 Å². The third kappa shape index (κ3) is 4.55. The van der Waals surface area contributed by atoms with Gasteiger partial charge in [0.2, 0.25) is 0 Å².